The second-order valence-electron chi connectivity index (χ2n) is 5.05. The summed E-state index contributed by atoms with van der Waals surface area (Å²) in [6.07, 6.45) is 1.11. The Morgan fingerprint density at radius 3 is 2.79 bits per heavy atom. The quantitative estimate of drug-likeness (QED) is 0.166. The maximum Gasteiger partial charge on any atom is 0.251 e. The fourth-order valence-electron chi connectivity index (χ4n) is 1.98. The Morgan fingerprint density at radius 1 is 1.42 bits per heavy atom. The van der Waals surface area contributed by atoms with Gasteiger partial charge in [0.15, 0.2) is 11.7 Å². The fourth-order valence-corrected chi connectivity index (χ4v) is 1.98. The number of hydrogen-bond acceptors (Lipinski definition) is 4. The van der Waals surface area contributed by atoms with Crippen molar-refractivity contribution < 1.29 is 9.59 Å². The lowest BCUT2D eigenvalue weighted by Crippen LogP contribution is -2.40. The number of amides is 1. The Hall–Kier alpha value is -3.06. The van der Waals surface area contributed by atoms with Gasteiger partial charge in [-0.25, -0.2) is 0 Å². The summed E-state index contributed by atoms with van der Waals surface area (Å²) < 4.78 is 0. The number of nitrogens with zero attached hydrogens (tertiary/aromatic N) is 4. The van der Waals surface area contributed by atoms with Crippen LogP contribution < -0.4 is 16.4 Å². The van der Waals surface area contributed by atoms with E-state index in [2.05, 4.69) is 25.7 Å². The monoisotopic (exact) mass is 331 g/mol. The Balaban J connectivity index is 2.64. The van der Waals surface area contributed by atoms with E-state index in [0.29, 0.717) is 36.6 Å². The van der Waals surface area contributed by atoms with Crippen LogP contribution >= 0.6 is 0 Å². The second-order valence-corrected chi connectivity index (χ2v) is 5.05. The molecule has 1 aromatic carbocycles. The molecule has 0 aromatic heterocycles. The summed E-state index contributed by atoms with van der Waals surface area (Å²) in [5.41, 5.74) is 14.6. The predicted octanol–water partition coefficient (Wildman–Crippen LogP) is 1.63. The van der Waals surface area contributed by atoms with E-state index in [1.54, 1.807) is 25.2 Å². The van der Waals surface area contributed by atoms with Crippen molar-refractivity contribution in [2.75, 3.05) is 13.6 Å². The van der Waals surface area contributed by atoms with Crippen LogP contribution in [0.2, 0.25) is 0 Å². The van der Waals surface area contributed by atoms with E-state index in [9.17, 15) is 9.59 Å². The number of nitrogens with two attached hydrogens (primary N) is 1. The van der Waals surface area contributed by atoms with Crippen molar-refractivity contribution in [1.29, 1.82) is 0 Å². The third-order valence-corrected chi connectivity index (χ3v) is 3.28. The van der Waals surface area contributed by atoms with Crippen LogP contribution in [-0.4, -0.2) is 37.3 Å². The Morgan fingerprint density at radius 2 is 2.17 bits per heavy atom. The van der Waals surface area contributed by atoms with Gasteiger partial charge < -0.3 is 16.4 Å². The van der Waals surface area contributed by atoms with Gasteiger partial charge in [0.25, 0.3) is 5.91 Å². The van der Waals surface area contributed by atoms with Crippen molar-refractivity contribution in [2.24, 2.45) is 15.8 Å². The average molecular weight is 331 g/mol. The molecule has 128 valence electrons. The van der Waals surface area contributed by atoms with Crippen LogP contribution in [-0.2, 0) is 4.79 Å². The molecule has 1 rings (SSSR count). The smallest absolute Gasteiger partial charge is 0.251 e. The van der Waals surface area contributed by atoms with E-state index in [1.807, 2.05) is 0 Å². The molecule has 0 unspecified atom stereocenters. The molecule has 1 atom stereocenters. The first kappa shape index (κ1) is 19.0. The zero-order valence-electron chi connectivity index (χ0n) is 13.7. The van der Waals surface area contributed by atoms with E-state index in [1.165, 1.54) is 13.0 Å². The normalized spacial score (nSPS) is 12.0. The van der Waals surface area contributed by atoms with Crippen LogP contribution in [0.1, 0.15) is 30.1 Å². The summed E-state index contributed by atoms with van der Waals surface area (Å²) in [4.78, 5) is 30.4. The first-order valence-electron chi connectivity index (χ1n) is 7.40. The summed E-state index contributed by atoms with van der Waals surface area (Å²) in [7, 11) is 1.57. The minimum absolute atomic E-state index is 0.133. The van der Waals surface area contributed by atoms with Crippen LogP contribution in [0.15, 0.2) is 34.4 Å². The number of guanidine groups is 1. The van der Waals surface area contributed by atoms with Gasteiger partial charge in [0.2, 0.25) is 0 Å². The van der Waals surface area contributed by atoms with Crippen molar-refractivity contribution >= 4 is 23.3 Å². The van der Waals surface area contributed by atoms with Gasteiger partial charge in [0, 0.05) is 29.8 Å². The van der Waals surface area contributed by atoms with Crippen molar-refractivity contribution in [3.63, 3.8) is 0 Å². The van der Waals surface area contributed by atoms with Crippen LogP contribution in [0.3, 0.4) is 0 Å². The molecule has 1 amide bonds. The Kier molecular flexibility index (Phi) is 7.80. The highest BCUT2D eigenvalue weighted by Crippen LogP contribution is 2.14. The molecule has 9 nitrogen and oxygen atoms in total. The third-order valence-electron chi connectivity index (χ3n) is 3.28. The highest BCUT2D eigenvalue weighted by atomic mass is 16.2. The van der Waals surface area contributed by atoms with Crippen molar-refractivity contribution in [1.82, 2.24) is 10.6 Å². The minimum Gasteiger partial charge on any atom is -0.370 e. The SMILES string of the molecule is CN=C(N)NCCC[C@H](NC(=O)c1cccc(N=[N+]=[N-])c1)C(C)=O. The molecule has 0 bridgehead atoms. The van der Waals surface area contributed by atoms with E-state index in [4.69, 9.17) is 11.3 Å². The van der Waals surface area contributed by atoms with E-state index < -0.39 is 11.9 Å². The zero-order valence-corrected chi connectivity index (χ0v) is 13.7. The number of azide groups is 1. The maximum absolute atomic E-state index is 12.3. The Bertz CT molecular complexity index is 666. The summed E-state index contributed by atoms with van der Waals surface area (Å²) >= 11 is 0. The number of hydrogen-bond donors (Lipinski definition) is 3. The van der Waals surface area contributed by atoms with Gasteiger partial charge in [-0.1, -0.05) is 17.2 Å². The molecule has 0 heterocycles. The fraction of sp³-hybridized carbons (Fsp3) is 0.400. The molecule has 4 N–H and O–H groups in total. The number of rotatable bonds is 8. The molecule has 24 heavy (non-hydrogen) atoms. The first-order valence-corrected chi connectivity index (χ1v) is 7.40. The molecule has 0 spiro atoms. The van der Waals surface area contributed by atoms with Gasteiger partial charge in [0.05, 0.1) is 6.04 Å². The van der Waals surface area contributed by atoms with Gasteiger partial charge in [-0.05, 0) is 37.4 Å². The third kappa shape index (κ3) is 6.37. The molecule has 9 heteroatoms. The van der Waals surface area contributed by atoms with E-state index in [-0.39, 0.29) is 5.78 Å². The molecular weight excluding hydrogens is 310 g/mol. The molecule has 0 saturated carbocycles. The predicted molar refractivity (Wildman–Crippen MR) is 92.0 cm³/mol. The van der Waals surface area contributed by atoms with Gasteiger partial charge in [-0.15, -0.1) is 0 Å². The van der Waals surface area contributed by atoms with Crippen LogP contribution in [0.5, 0.6) is 0 Å². The second kappa shape index (κ2) is 9.86. The molecule has 0 fully saturated rings. The molecule has 0 aliphatic heterocycles. The lowest BCUT2D eigenvalue weighted by Gasteiger charge is -2.16. The Labute approximate surface area is 140 Å². The lowest BCUT2D eigenvalue weighted by atomic mass is 10.1. The van der Waals surface area contributed by atoms with Crippen molar-refractivity contribution in [3.8, 4) is 0 Å². The summed E-state index contributed by atoms with van der Waals surface area (Å²) in [6, 6.07) is 5.65. The molecule has 0 radical (unpaired) electrons. The molecule has 0 saturated heterocycles. The van der Waals surface area contributed by atoms with Crippen molar-refractivity contribution in [2.45, 2.75) is 25.8 Å². The summed E-state index contributed by atoms with van der Waals surface area (Å²) in [6.45, 7) is 1.98. The molecular formula is C15H21N7O2. The topological polar surface area (TPSA) is 145 Å². The largest absolute Gasteiger partial charge is 0.370 e. The lowest BCUT2D eigenvalue weighted by molar-refractivity contribution is -0.118. The van der Waals surface area contributed by atoms with Gasteiger partial charge in [-0.2, -0.15) is 0 Å². The number of carbonyl (C=O) groups excluding carboxylic acids is 2. The maximum atomic E-state index is 12.3. The van der Waals surface area contributed by atoms with E-state index in [0.717, 1.165) is 0 Å². The number of ketones is 1. The highest BCUT2D eigenvalue weighted by Gasteiger charge is 2.17. The standard InChI is InChI=1S/C15H21N7O2/c1-10(23)13(7-4-8-19-15(16)18-2)20-14(24)11-5-3-6-12(9-11)21-22-17/h3,5-6,9,13H,4,7-8H2,1-2H3,(H,20,24)(H3,16,18,19)/t13-/m0/s1. The minimum atomic E-state index is -0.595. The number of nitrogens with one attached hydrogen (secondary N) is 2. The molecule has 0 aliphatic carbocycles. The van der Waals surface area contributed by atoms with Crippen LogP contribution in [0.25, 0.3) is 10.4 Å². The van der Waals surface area contributed by atoms with Gasteiger partial charge in [-0.3, -0.25) is 14.6 Å². The average Bonchev–Trinajstić information content (AvgIpc) is 2.57. The first-order chi connectivity index (χ1) is 11.5. The van der Waals surface area contributed by atoms with E-state index >= 15 is 0 Å². The zero-order chi connectivity index (χ0) is 17.9. The number of aliphatic imine (C=N–C) groups is 1. The van der Waals surface area contributed by atoms with Gasteiger partial charge >= 0.3 is 0 Å². The molecule has 0 aliphatic rings. The van der Waals surface area contributed by atoms with Gasteiger partial charge in [0.1, 0.15) is 0 Å². The number of benzene rings is 1. The number of carbonyl (C=O) groups is 2. The highest BCUT2D eigenvalue weighted by molar-refractivity contribution is 5.98. The van der Waals surface area contributed by atoms with Crippen LogP contribution in [0.4, 0.5) is 5.69 Å². The summed E-state index contributed by atoms with van der Waals surface area (Å²) in [5.74, 6) is -0.201. The van der Waals surface area contributed by atoms with Crippen LogP contribution in [0, 0.1) is 0 Å². The molecule has 1 aromatic rings. The summed E-state index contributed by atoms with van der Waals surface area (Å²) in [5, 5.41) is 9.03. The number of Topliss-reactive ketones (excluding diaryl/α,β-unsaturated/α-hetero) is 1. The van der Waals surface area contributed by atoms with Crippen molar-refractivity contribution in [3.05, 3.63) is 40.3 Å².